The first-order chi connectivity index (χ1) is 3.83. The maximum Gasteiger partial charge on any atom is 0.0609 e. The molecule has 9 heavy (non-hydrogen) atoms. The van der Waals surface area contributed by atoms with Crippen LogP contribution in [-0.2, 0) is 0 Å². The van der Waals surface area contributed by atoms with Gasteiger partial charge in [-0.2, -0.15) is 0 Å². The van der Waals surface area contributed by atoms with Crippen molar-refractivity contribution in [2.24, 2.45) is 0 Å². The molecule has 0 saturated carbocycles. The second kappa shape index (κ2) is 25.5. The van der Waals surface area contributed by atoms with E-state index in [-0.39, 0.29) is 12.1 Å². The van der Waals surface area contributed by atoms with Crippen molar-refractivity contribution in [3.63, 3.8) is 0 Å². The quantitative estimate of drug-likeness (QED) is 0.513. The zero-order valence-corrected chi connectivity index (χ0v) is 5.80. The molecule has 0 radical (unpaired) electrons. The van der Waals surface area contributed by atoms with E-state index >= 15 is 0 Å². The third-order valence-electron chi connectivity index (χ3n) is 0.353. The van der Waals surface area contributed by atoms with Crippen LogP contribution in [0.25, 0.3) is 0 Å². The number of aliphatic hydroxyl groups excluding tert-OH is 2. The summed E-state index contributed by atoms with van der Waals surface area (Å²) in [5, 5.41) is 15.6. The Morgan fingerprint density at radius 2 is 1.67 bits per heavy atom. The van der Waals surface area contributed by atoms with Crippen LogP contribution in [0.5, 0.6) is 0 Å². The minimum atomic E-state index is 0. The van der Waals surface area contributed by atoms with Crippen LogP contribution in [0, 0.1) is 0 Å². The molecule has 58 valence electrons. The number of aliphatic hydroxyl groups is 2. The van der Waals surface area contributed by atoms with Crippen molar-refractivity contribution in [3.8, 4) is 0 Å². The van der Waals surface area contributed by atoms with Crippen LogP contribution in [0.1, 0.15) is 13.3 Å². The van der Waals surface area contributed by atoms with Crippen LogP contribution in [0.4, 0.5) is 0 Å². The molecule has 0 fully saturated rings. The predicted molar refractivity (Wildman–Crippen MR) is 38.3 cm³/mol. The van der Waals surface area contributed by atoms with Gasteiger partial charge in [0.25, 0.3) is 0 Å². The topological polar surface area (TPSA) is 72.0 Å². The average Bonchev–Trinajstić information content (AvgIpc) is 1.88. The average molecular weight is 136 g/mol. The fourth-order valence-electron chi connectivity index (χ4n) is 0. The first-order valence-electron chi connectivity index (χ1n) is 2.66. The summed E-state index contributed by atoms with van der Waals surface area (Å²) in [5.41, 5.74) is 0. The Morgan fingerprint density at radius 3 is 1.67 bits per heavy atom. The summed E-state index contributed by atoms with van der Waals surface area (Å²) < 4.78 is 0. The smallest absolute Gasteiger partial charge is 0.0609 e. The number of rotatable bonds is 2. The van der Waals surface area contributed by atoms with E-state index in [0.29, 0.717) is 6.61 Å². The summed E-state index contributed by atoms with van der Waals surface area (Å²) in [6, 6.07) is 0. The van der Waals surface area contributed by atoms with Crippen LogP contribution in [0.2, 0.25) is 0 Å². The summed E-state index contributed by atoms with van der Waals surface area (Å²) in [7, 11) is 0. The molecule has 0 aliphatic carbocycles. The van der Waals surface area contributed by atoms with Gasteiger partial charge in [-0.3, -0.25) is 0 Å². The third kappa shape index (κ3) is 91.7. The highest BCUT2D eigenvalue weighted by atomic mass is 16.3. The van der Waals surface area contributed by atoms with E-state index in [1.165, 1.54) is 6.08 Å². The van der Waals surface area contributed by atoms with Gasteiger partial charge in [-0.1, -0.05) is 13.0 Å². The number of hydrogen-bond acceptors (Lipinski definition) is 2. The first-order valence-corrected chi connectivity index (χ1v) is 2.66. The van der Waals surface area contributed by atoms with Crippen LogP contribution in [-0.4, -0.2) is 28.9 Å². The molecule has 0 saturated heterocycles. The van der Waals surface area contributed by atoms with Gasteiger partial charge in [-0.15, -0.1) is 6.58 Å². The molecule has 0 atom stereocenters. The molecule has 0 spiro atoms. The molecule has 0 bridgehead atoms. The van der Waals surface area contributed by atoms with Crippen molar-refractivity contribution in [3.05, 3.63) is 12.7 Å². The Kier molecular flexibility index (Phi) is 44.9. The number of hydrogen-bond donors (Lipinski definition) is 2. The standard InChI is InChI=1S/C3H8O.C3H6O.H2O/c2*1-2-3-4;/h4H,2-3H2,1H3;2,4H,1,3H2;1H2. The summed E-state index contributed by atoms with van der Waals surface area (Å²) in [4.78, 5) is 0. The molecule has 3 heteroatoms. The second-order valence-corrected chi connectivity index (χ2v) is 1.19. The Bertz CT molecular complexity index is 35.3. The molecule has 0 aliphatic heterocycles. The van der Waals surface area contributed by atoms with Gasteiger partial charge in [0.2, 0.25) is 0 Å². The molecular formula is C6H16O3. The lowest BCUT2D eigenvalue weighted by atomic mass is 10.5. The molecule has 0 heterocycles. The van der Waals surface area contributed by atoms with Gasteiger partial charge >= 0.3 is 0 Å². The van der Waals surface area contributed by atoms with E-state index in [9.17, 15) is 0 Å². The Hall–Kier alpha value is -0.380. The van der Waals surface area contributed by atoms with Crippen molar-refractivity contribution < 1.29 is 15.7 Å². The SMILES string of the molecule is C=CCO.CCCO.O. The zero-order valence-electron chi connectivity index (χ0n) is 5.80. The summed E-state index contributed by atoms with van der Waals surface area (Å²) in [5.74, 6) is 0. The van der Waals surface area contributed by atoms with E-state index in [4.69, 9.17) is 10.2 Å². The summed E-state index contributed by atoms with van der Waals surface area (Å²) in [6.07, 6.45) is 2.31. The van der Waals surface area contributed by atoms with Crippen molar-refractivity contribution in [2.45, 2.75) is 13.3 Å². The van der Waals surface area contributed by atoms with Crippen LogP contribution in [0.15, 0.2) is 12.7 Å². The van der Waals surface area contributed by atoms with Crippen LogP contribution < -0.4 is 0 Å². The van der Waals surface area contributed by atoms with E-state index in [1.807, 2.05) is 6.92 Å². The van der Waals surface area contributed by atoms with Crippen molar-refractivity contribution in [2.75, 3.05) is 13.2 Å². The van der Waals surface area contributed by atoms with E-state index < -0.39 is 0 Å². The molecule has 0 amide bonds. The third-order valence-corrected chi connectivity index (χ3v) is 0.353. The Morgan fingerprint density at radius 1 is 1.44 bits per heavy atom. The van der Waals surface area contributed by atoms with Gasteiger partial charge < -0.3 is 15.7 Å². The highest BCUT2D eigenvalue weighted by Crippen LogP contribution is 1.61. The minimum absolute atomic E-state index is 0. The van der Waals surface area contributed by atoms with Gasteiger partial charge in [0.1, 0.15) is 0 Å². The van der Waals surface area contributed by atoms with Gasteiger partial charge in [-0.25, -0.2) is 0 Å². The predicted octanol–water partition coefficient (Wildman–Crippen LogP) is -0.271. The minimum Gasteiger partial charge on any atom is -0.412 e. The molecule has 0 aromatic rings. The normalized spacial score (nSPS) is 6.11. The Labute approximate surface area is 55.9 Å². The van der Waals surface area contributed by atoms with E-state index in [1.54, 1.807) is 0 Å². The van der Waals surface area contributed by atoms with E-state index in [0.717, 1.165) is 6.42 Å². The molecular weight excluding hydrogens is 120 g/mol. The monoisotopic (exact) mass is 136 g/mol. The second-order valence-electron chi connectivity index (χ2n) is 1.19. The fourth-order valence-corrected chi connectivity index (χ4v) is 0. The van der Waals surface area contributed by atoms with Crippen molar-refractivity contribution in [1.82, 2.24) is 0 Å². The lowest BCUT2D eigenvalue weighted by Crippen LogP contribution is -1.69. The molecule has 0 aliphatic rings. The van der Waals surface area contributed by atoms with Crippen molar-refractivity contribution >= 4 is 0 Å². The van der Waals surface area contributed by atoms with Gasteiger partial charge in [0, 0.05) is 6.61 Å². The largest absolute Gasteiger partial charge is 0.412 e. The molecule has 0 aromatic heterocycles. The Balaban J connectivity index is -0.0000000720. The molecule has 0 unspecified atom stereocenters. The van der Waals surface area contributed by atoms with Crippen LogP contribution >= 0.6 is 0 Å². The van der Waals surface area contributed by atoms with E-state index in [2.05, 4.69) is 6.58 Å². The zero-order chi connectivity index (χ0) is 6.83. The first kappa shape index (κ1) is 15.8. The van der Waals surface area contributed by atoms with Crippen molar-refractivity contribution in [1.29, 1.82) is 0 Å². The van der Waals surface area contributed by atoms with Gasteiger partial charge in [-0.05, 0) is 6.42 Å². The highest BCUT2D eigenvalue weighted by molar-refractivity contribution is 4.60. The molecule has 3 nitrogen and oxygen atoms in total. The molecule has 4 N–H and O–H groups in total. The molecule has 0 rings (SSSR count). The molecule has 0 aromatic carbocycles. The maximum atomic E-state index is 7.88. The van der Waals surface area contributed by atoms with Gasteiger partial charge in [0.15, 0.2) is 0 Å². The fraction of sp³-hybridized carbons (Fsp3) is 0.667. The van der Waals surface area contributed by atoms with Gasteiger partial charge in [0.05, 0.1) is 6.61 Å². The maximum absolute atomic E-state index is 7.88. The van der Waals surface area contributed by atoms with Crippen LogP contribution in [0.3, 0.4) is 0 Å². The highest BCUT2D eigenvalue weighted by Gasteiger charge is 1.57. The summed E-state index contributed by atoms with van der Waals surface area (Å²) in [6.45, 7) is 5.56. The lowest BCUT2D eigenvalue weighted by Gasteiger charge is -1.69. The lowest BCUT2D eigenvalue weighted by molar-refractivity contribution is 0.295. The summed E-state index contributed by atoms with van der Waals surface area (Å²) >= 11 is 0.